The van der Waals surface area contributed by atoms with E-state index in [0.717, 1.165) is 17.7 Å². The molecule has 5 nitrogen and oxygen atoms in total. The van der Waals surface area contributed by atoms with Crippen LogP contribution in [-0.2, 0) is 17.3 Å². The summed E-state index contributed by atoms with van der Waals surface area (Å²) in [6.07, 6.45) is -4.45. The number of aliphatic hydroxyl groups is 1. The summed E-state index contributed by atoms with van der Waals surface area (Å²) < 4.78 is 43.1. The van der Waals surface area contributed by atoms with Gasteiger partial charge in [0.1, 0.15) is 0 Å². The summed E-state index contributed by atoms with van der Waals surface area (Å²) in [6.45, 7) is 8.19. The van der Waals surface area contributed by atoms with Gasteiger partial charge in [-0.05, 0) is 37.0 Å². The molecule has 1 aromatic rings. The predicted octanol–water partition coefficient (Wildman–Crippen LogP) is 3.45. The molecule has 0 amide bonds. The molecule has 0 fully saturated rings. The van der Waals surface area contributed by atoms with Crippen molar-refractivity contribution in [1.29, 1.82) is 0 Å². The third kappa shape index (κ3) is 11.7. The third-order valence-corrected chi connectivity index (χ3v) is 3.55. The van der Waals surface area contributed by atoms with Crippen LogP contribution in [0.3, 0.4) is 0 Å². The van der Waals surface area contributed by atoms with Crippen molar-refractivity contribution in [3.8, 4) is 0 Å². The van der Waals surface area contributed by atoms with E-state index < -0.39 is 17.8 Å². The fourth-order valence-electron chi connectivity index (χ4n) is 2.22. The van der Waals surface area contributed by atoms with Crippen molar-refractivity contribution in [3.63, 3.8) is 0 Å². The summed E-state index contributed by atoms with van der Waals surface area (Å²) in [5.74, 6) is 0.956. The van der Waals surface area contributed by atoms with Gasteiger partial charge in [0, 0.05) is 19.7 Å². The highest BCUT2D eigenvalue weighted by atomic mass is 127. The minimum absolute atomic E-state index is 0. The van der Waals surface area contributed by atoms with Gasteiger partial charge >= 0.3 is 6.18 Å². The van der Waals surface area contributed by atoms with Crippen LogP contribution >= 0.6 is 24.0 Å². The van der Waals surface area contributed by atoms with Crippen molar-refractivity contribution in [2.45, 2.75) is 39.5 Å². The number of alkyl halides is 3. The van der Waals surface area contributed by atoms with Crippen LogP contribution in [0.25, 0.3) is 0 Å². The molecule has 1 aromatic carbocycles. The van der Waals surface area contributed by atoms with Crippen LogP contribution in [0.1, 0.15) is 31.9 Å². The summed E-state index contributed by atoms with van der Waals surface area (Å²) in [4.78, 5) is 4.30. The fraction of sp³-hybridized carbons (Fsp3) is 0.632. The highest BCUT2D eigenvalue weighted by Gasteiger charge is 2.29. The second kappa shape index (κ2) is 14.0. The van der Waals surface area contributed by atoms with E-state index in [0.29, 0.717) is 38.0 Å². The van der Waals surface area contributed by atoms with E-state index in [4.69, 9.17) is 4.74 Å². The van der Waals surface area contributed by atoms with Crippen LogP contribution in [0.15, 0.2) is 29.3 Å². The Bertz CT molecular complexity index is 567. The third-order valence-electron chi connectivity index (χ3n) is 3.55. The molecule has 0 bridgehead atoms. The number of hydrogen-bond donors (Lipinski definition) is 3. The maximum atomic E-state index is 12.6. The molecule has 0 spiro atoms. The summed E-state index contributed by atoms with van der Waals surface area (Å²) in [7, 11) is 0. The van der Waals surface area contributed by atoms with Gasteiger partial charge in [-0.25, -0.2) is 0 Å². The van der Waals surface area contributed by atoms with Crippen LogP contribution in [0.5, 0.6) is 0 Å². The number of aliphatic imine (C=N–C) groups is 1. The first-order chi connectivity index (χ1) is 12.7. The van der Waals surface area contributed by atoms with E-state index in [-0.39, 0.29) is 37.1 Å². The largest absolute Gasteiger partial charge is 0.416 e. The molecule has 0 radical (unpaired) electrons. The minimum atomic E-state index is -4.32. The number of ether oxygens (including phenoxy) is 1. The first-order valence-electron chi connectivity index (χ1n) is 9.16. The molecule has 0 aliphatic carbocycles. The molecule has 28 heavy (non-hydrogen) atoms. The summed E-state index contributed by atoms with van der Waals surface area (Å²) in [5, 5.41) is 16.1. The Hall–Kier alpha value is -1.07. The predicted molar refractivity (Wildman–Crippen MR) is 116 cm³/mol. The van der Waals surface area contributed by atoms with Crippen LogP contribution in [0, 0.1) is 5.92 Å². The fourth-order valence-corrected chi connectivity index (χ4v) is 2.22. The van der Waals surface area contributed by atoms with Crippen molar-refractivity contribution in [2.24, 2.45) is 10.9 Å². The zero-order valence-corrected chi connectivity index (χ0v) is 18.9. The number of nitrogens with one attached hydrogen (secondary N) is 2. The van der Waals surface area contributed by atoms with E-state index in [9.17, 15) is 18.3 Å². The SMILES string of the molecule is CCNC(=NCC(O)COCC(C)C)NCCc1ccc(C(F)(F)F)cc1.I. The quantitative estimate of drug-likeness (QED) is 0.253. The highest BCUT2D eigenvalue weighted by Crippen LogP contribution is 2.29. The van der Waals surface area contributed by atoms with Gasteiger partial charge in [0.25, 0.3) is 0 Å². The Morgan fingerprint density at radius 2 is 1.79 bits per heavy atom. The van der Waals surface area contributed by atoms with Crippen molar-refractivity contribution < 1.29 is 23.0 Å². The molecule has 1 unspecified atom stereocenters. The molecule has 9 heteroatoms. The lowest BCUT2D eigenvalue weighted by Gasteiger charge is -2.14. The van der Waals surface area contributed by atoms with E-state index >= 15 is 0 Å². The molecule has 1 rings (SSSR count). The van der Waals surface area contributed by atoms with E-state index in [2.05, 4.69) is 15.6 Å². The Labute approximate surface area is 182 Å². The number of guanidine groups is 1. The standard InChI is InChI=1S/C19H30F3N3O2.HI/c1-4-23-18(25-11-17(26)13-27-12-14(2)3)24-10-9-15-5-7-16(8-6-15)19(20,21)22;/h5-8,14,17,26H,4,9-13H2,1-3H3,(H2,23,24,25);1H. The first kappa shape index (κ1) is 26.9. The number of halogens is 4. The molecule has 0 aliphatic rings. The molecule has 162 valence electrons. The molecule has 1 atom stereocenters. The monoisotopic (exact) mass is 517 g/mol. The lowest BCUT2D eigenvalue weighted by molar-refractivity contribution is -0.137. The maximum Gasteiger partial charge on any atom is 0.416 e. The zero-order chi connectivity index (χ0) is 20.3. The number of nitrogens with zero attached hydrogens (tertiary/aromatic N) is 1. The number of rotatable bonds is 10. The summed E-state index contributed by atoms with van der Waals surface area (Å²) in [5.41, 5.74) is 0.149. The Morgan fingerprint density at radius 1 is 1.14 bits per heavy atom. The van der Waals surface area contributed by atoms with Gasteiger partial charge in [0.05, 0.1) is 24.8 Å². The smallest absolute Gasteiger partial charge is 0.389 e. The Balaban J connectivity index is 0.00000729. The van der Waals surface area contributed by atoms with Gasteiger partial charge in [-0.2, -0.15) is 13.2 Å². The summed E-state index contributed by atoms with van der Waals surface area (Å²) >= 11 is 0. The van der Waals surface area contributed by atoms with Gasteiger partial charge in [-0.1, -0.05) is 26.0 Å². The topological polar surface area (TPSA) is 65.9 Å². The van der Waals surface area contributed by atoms with Crippen LogP contribution in [0.4, 0.5) is 13.2 Å². The number of hydrogen-bond acceptors (Lipinski definition) is 3. The molecular weight excluding hydrogens is 486 g/mol. The minimum Gasteiger partial charge on any atom is -0.389 e. The number of aliphatic hydroxyl groups excluding tert-OH is 1. The van der Waals surface area contributed by atoms with Gasteiger partial charge in [0.15, 0.2) is 5.96 Å². The zero-order valence-electron chi connectivity index (χ0n) is 16.6. The van der Waals surface area contributed by atoms with Gasteiger partial charge in [-0.15, -0.1) is 24.0 Å². The Kier molecular flexibility index (Phi) is 13.5. The van der Waals surface area contributed by atoms with Gasteiger partial charge < -0.3 is 20.5 Å². The Morgan fingerprint density at radius 3 is 2.32 bits per heavy atom. The first-order valence-corrected chi connectivity index (χ1v) is 9.16. The maximum absolute atomic E-state index is 12.6. The number of benzene rings is 1. The lowest BCUT2D eigenvalue weighted by Crippen LogP contribution is -2.39. The molecule has 0 heterocycles. The normalized spacial score (nSPS) is 13.2. The second-order valence-corrected chi connectivity index (χ2v) is 6.68. The van der Waals surface area contributed by atoms with E-state index in [1.54, 1.807) is 0 Å². The van der Waals surface area contributed by atoms with Crippen LogP contribution in [-0.4, -0.2) is 50.0 Å². The van der Waals surface area contributed by atoms with E-state index in [1.165, 1.54) is 12.1 Å². The second-order valence-electron chi connectivity index (χ2n) is 6.68. The van der Waals surface area contributed by atoms with Gasteiger partial charge in [0.2, 0.25) is 0 Å². The average Bonchev–Trinajstić information content (AvgIpc) is 2.59. The highest BCUT2D eigenvalue weighted by molar-refractivity contribution is 14.0. The van der Waals surface area contributed by atoms with Crippen molar-refractivity contribution in [2.75, 3.05) is 32.8 Å². The van der Waals surface area contributed by atoms with Gasteiger partial charge in [-0.3, -0.25) is 4.99 Å². The summed E-state index contributed by atoms with van der Waals surface area (Å²) in [6, 6.07) is 5.12. The van der Waals surface area contributed by atoms with Crippen molar-refractivity contribution in [3.05, 3.63) is 35.4 Å². The molecule has 0 saturated carbocycles. The molecular formula is C19H31F3IN3O2. The van der Waals surface area contributed by atoms with Crippen LogP contribution < -0.4 is 10.6 Å². The molecule has 0 aromatic heterocycles. The lowest BCUT2D eigenvalue weighted by atomic mass is 10.1. The molecule has 0 aliphatic heterocycles. The molecule has 3 N–H and O–H groups in total. The molecule has 0 saturated heterocycles. The average molecular weight is 517 g/mol. The van der Waals surface area contributed by atoms with Crippen molar-refractivity contribution >= 4 is 29.9 Å². The van der Waals surface area contributed by atoms with Crippen molar-refractivity contribution in [1.82, 2.24) is 10.6 Å². The van der Waals surface area contributed by atoms with E-state index in [1.807, 2.05) is 20.8 Å². The van der Waals surface area contributed by atoms with Crippen LogP contribution in [0.2, 0.25) is 0 Å².